The van der Waals surface area contributed by atoms with Gasteiger partial charge in [0.2, 0.25) is 5.91 Å². The summed E-state index contributed by atoms with van der Waals surface area (Å²) in [5.74, 6) is 1.15. The average molecular weight is 341 g/mol. The summed E-state index contributed by atoms with van der Waals surface area (Å²) in [6.07, 6.45) is 5.68. The van der Waals surface area contributed by atoms with Gasteiger partial charge in [-0.3, -0.25) is 4.79 Å². The molecule has 0 saturated heterocycles. The number of aryl methyl sites for hydroxylation is 1. The Balaban J connectivity index is 1.49. The van der Waals surface area contributed by atoms with Gasteiger partial charge in [-0.1, -0.05) is 24.3 Å². The van der Waals surface area contributed by atoms with Crippen LogP contribution >= 0.6 is 11.3 Å². The molecule has 1 aliphatic rings. The van der Waals surface area contributed by atoms with Crippen molar-refractivity contribution < 1.29 is 9.53 Å². The molecule has 1 aromatic carbocycles. The number of carbonyl (C=O) groups excluding carboxylic acids is 1. The Hall–Kier alpha value is -2.07. The molecule has 0 atom stereocenters. The van der Waals surface area contributed by atoms with Gasteiger partial charge in [0.05, 0.1) is 7.11 Å². The minimum Gasteiger partial charge on any atom is -0.497 e. The van der Waals surface area contributed by atoms with Crippen molar-refractivity contribution >= 4 is 22.8 Å². The monoisotopic (exact) mass is 341 g/mol. The third-order valence-corrected chi connectivity index (χ3v) is 5.35. The Morgan fingerprint density at radius 3 is 2.71 bits per heavy atom. The standard InChI is InChI=1S/C20H23NO2S/c1-23-18-9-7-16(8-10-18)17-11-13-21(14-12-17)20(22)6-2-4-19-5-3-15-24-19/h3,5,7-11,15H,2,4,6,12-14H2,1H3. The third kappa shape index (κ3) is 4.26. The fourth-order valence-electron chi connectivity index (χ4n) is 2.99. The Morgan fingerprint density at radius 1 is 1.25 bits per heavy atom. The fraction of sp³-hybridized carbons (Fsp3) is 0.350. The first-order chi connectivity index (χ1) is 11.8. The first-order valence-corrected chi connectivity index (χ1v) is 9.28. The van der Waals surface area contributed by atoms with Gasteiger partial charge in [0.1, 0.15) is 5.75 Å². The van der Waals surface area contributed by atoms with Crippen LogP contribution in [0.2, 0.25) is 0 Å². The van der Waals surface area contributed by atoms with E-state index >= 15 is 0 Å². The topological polar surface area (TPSA) is 29.5 Å². The molecule has 1 aromatic heterocycles. The first kappa shape index (κ1) is 16.8. The molecule has 126 valence electrons. The van der Waals surface area contributed by atoms with E-state index in [0.29, 0.717) is 6.42 Å². The summed E-state index contributed by atoms with van der Waals surface area (Å²) in [7, 11) is 1.68. The summed E-state index contributed by atoms with van der Waals surface area (Å²) in [4.78, 5) is 15.7. The number of carbonyl (C=O) groups is 1. The van der Waals surface area contributed by atoms with Crippen LogP contribution in [0.1, 0.15) is 29.7 Å². The highest BCUT2D eigenvalue weighted by molar-refractivity contribution is 7.09. The molecule has 3 nitrogen and oxygen atoms in total. The molecule has 0 N–H and O–H groups in total. The lowest BCUT2D eigenvalue weighted by molar-refractivity contribution is -0.130. The summed E-state index contributed by atoms with van der Waals surface area (Å²) < 4.78 is 5.20. The van der Waals surface area contributed by atoms with Gasteiger partial charge in [-0.25, -0.2) is 0 Å². The highest BCUT2D eigenvalue weighted by atomic mass is 32.1. The van der Waals surface area contributed by atoms with Crippen molar-refractivity contribution in [1.82, 2.24) is 4.90 Å². The second kappa shape index (κ2) is 8.15. The number of nitrogens with zero attached hydrogens (tertiary/aromatic N) is 1. The Kier molecular flexibility index (Phi) is 5.70. The lowest BCUT2D eigenvalue weighted by atomic mass is 9.99. The van der Waals surface area contributed by atoms with E-state index < -0.39 is 0 Å². The number of thiophene rings is 1. The van der Waals surface area contributed by atoms with Crippen LogP contribution in [0.15, 0.2) is 47.9 Å². The van der Waals surface area contributed by atoms with Gasteiger partial charge in [-0.15, -0.1) is 11.3 Å². The third-order valence-electron chi connectivity index (χ3n) is 4.42. The van der Waals surface area contributed by atoms with E-state index in [9.17, 15) is 4.79 Å². The van der Waals surface area contributed by atoms with Crippen LogP contribution < -0.4 is 4.74 Å². The van der Waals surface area contributed by atoms with E-state index in [-0.39, 0.29) is 5.91 Å². The van der Waals surface area contributed by atoms with Crippen molar-refractivity contribution in [3.8, 4) is 5.75 Å². The molecule has 0 spiro atoms. The molecule has 2 heterocycles. The molecular weight excluding hydrogens is 318 g/mol. The molecule has 0 aliphatic carbocycles. The predicted molar refractivity (Wildman–Crippen MR) is 99.4 cm³/mol. The minimum absolute atomic E-state index is 0.275. The number of rotatable bonds is 6. The van der Waals surface area contributed by atoms with E-state index in [1.165, 1.54) is 16.0 Å². The largest absolute Gasteiger partial charge is 0.497 e. The number of benzene rings is 1. The first-order valence-electron chi connectivity index (χ1n) is 8.40. The van der Waals surface area contributed by atoms with Crippen LogP contribution in [0, 0.1) is 0 Å². The van der Waals surface area contributed by atoms with Crippen molar-refractivity contribution in [3.05, 3.63) is 58.3 Å². The van der Waals surface area contributed by atoms with Crippen LogP contribution in [-0.4, -0.2) is 31.0 Å². The van der Waals surface area contributed by atoms with Crippen molar-refractivity contribution in [3.63, 3.8) is 0 Å². The zero-order valence-electron chi connectivity index (χ0n) is 14.0. The Bertz CT molecular complexity index is 689. The lowest BCUT2D eigenvalue weighted by Crippen LogP contribution is -2.34. The number of hydrogen-bond acceptors (Lipinski definition) is 3. The van der Waals surface area contributed by atoms with E-state index in [1.54, 1.807) is 18.4 Å². The Labute approximate surface area is 147 Å². The quantitative estimate of drug-likeness (QED) is 0.779. The summed E-state index contributed by atoms with van der Waals surface area (Å²) in [5.41, 5.74) is 2.54. The van der Waals surface area contributed by atoms with Crippen molar-refractivity contribution in [2.45, 2.75) is 25.7 Å². The van der Waals surface area contributed by atoms with Crippen LogP contribution in [0.25, 0.3) is 5.57 Å². The number of methoxy groups -OCH3 is 1. The van der Waals surface area contributed by atoms with E-state index in [0.717, 1.165) is 38.1 Å². The van der Waals surface area contributed by atoms with E-state index in [1.807, 2.05) is 17.0 Å². The SMILES string of the molecule is COc1ccc(C2=CCN(C(=O)CCCc3cccs3)CC2)cc1. The predicted octanol–water partition coefficient (Wildman–Crippen LogP) is 4.40. The van der Waals surface area contributed by atoms with Gasteiger partial charge in [-0.2, -0.15) is 0 Å². The zero-order chi connectivity index (χ0) is 16.8. The van der Waals surface area contributed by atoms with Crippen LogP contribution in [0.5, 0.6) is 5.75 Å². The van der Waals surface area contributed by atoms with E-state index in [4.69, 9.17) is 4.74 Å². The molecule has 0 radical (unpaired) electrons. The molecule has 0 saturated carbocycles. The fourth-order valence-corrected chi connectivity index (χ4v) is 3.74. The maximum atomic E-state index is 12.3. The maximum Gasteiger partial charge on any atom is 0.222 e. The van der Waals surface area contributed by atoms with Gasteiger partial charge in [0.25, 0.3) is 0 Å². The van der Waals surface area contributed by atoms with E-state index in [2.05, 4.69) is 35.7 Å². The number of amides is 1. The molecule has 1 aliphatic heterocycles. The van der Waals surface area contributed by atoms with Gasteiger partial charge < -0.3 is 9.64 Å². The van der Waals surface area contributed by atoms with Crippen molar-refractivity contribution in [1.29, 1.82) is 0 Å². The molecule has 4 heteroatoms. The second-order valence-corrected chi connectivity index (χ2v) is 7.01. The molecular formula is C20H23NO2S. The molecule has 1 amide bonds. The molecule has 0 fully saturated rings. The normalized spacial score (nSPS) is 14.4. The van der Waals surface area contributed by atoms with Gasteiger partial charge >= 0.3 is 0 Å². The van der Waals surface area contributed by atoms with Crippen LogP contribution in [0.4, 0.5) is 0 Å². The average Bonchev–Trinajstić information content (AvgIpc) is 3.15. The second-order valence-electron chi connectivity index (χ2n) is 5.98. The smallest absolute Gasteiger partial charge is 0.222 e. The summed E-state index contributed by atoms with van der Waals surface area (Å²) >= 11 is 1.77. The molecule has 3 rings (SSSR count). The molecule has 0 bridgehead atoms. The van der Waals surface area contributed by atoms with Gasteiger partial charge in [-0.05, 0) is 54.0 Å². The van der Waals surface area contributed by atoms with Crippen LogP contribution in [-0.2, 0) is 11.2 Å². The highest BCUT2D eigenvalue weighted by Crippen LogP contribution is 2.24. The Morgan fingerprint density at radius 2 is 2.08 bits per heavy atom. The van der Waals surface area contributed by atoms with Crippen molar-refractivity contribution in [2.75, 3.05) is 20.2 Å². The minimum atomic E-state index is 0.275. The lowest BCUT2D eigenvalue weighted by Gasteiger charge is -2.27. The van der Waals surface area contributed by atoms with Gasteiger partial charge in [0.15, 0.2) is 0 Å². The summed E-state index contributed by atoms with van der Waals surface area (Å²) in [6, 6.07) is 12.3. The maximum absolute atomic E-state index is 12.3. The summed E-state index contributed by atoms with van der Waals surface area (Å²) in [5, 5.41) is 2.09. The summed E-state index contributed by atoms with van der Waals surface area (Å²) in [6.45, 7) is 1.54. The molecule has 2 aromatic rings. The van der Waals surface area contributed by atoms with Crippen molar-refractivity contribution in [2.24, 2.45) is 0 Å². The molecule has 0 unspecified atom stereocenters. The molecule has 24 heavy (non-hydrogen) atoms. The van der Waals surface area contributed by atoms with Crippen LogP contribution in [0.3, 0.4) is 0 Å². The number of hydrogen-bond donors (Lipinski definition) is 0. The zero-order valence-corrected chi connectivity index (χ0v) is 14.8. The number of ether oxygens (including phenoxy) is 1. The van der Waals surface area contributed by atoms with Gasteiger partial charge in [0, 0.05) is 24.4 Å². The highest BCUT2D eigenvalue weighted by Gasteiger charge is 2.17.